The van der Waals surface area contributed by atoms with Crippen molar-refractivity contribution in [3.05, 3.63) is 29.8 Å². The lowest BCUT2D eigenvalue weighted by atomic mass is 10.1. The maximum Gasteiger partial charge on any atom is 0.239 e. The van der Waals surface area contributed by atoms with E-state index in [0.717, 1.165) is 19.6 Å². The van der Waals surface area contributed by atoms with E-state index in [0.29, 0.717) is 12.1 Å². The fraction of sp³-hybridized carbons (Fsp3) is 0.500. The number of rotatable bonds is 8. The summed E-state index contributed by atoms with van der Waals surface area (Å²) in [7, 11) is 0. The molecule has 0 aliphatic carbocycles. The summed E-state index contributed by atoms with van der Waals surface area (Å²) in [6.07, 6.45) is 0. The van der Waals surface area contributed by atoms with Gasteiger partial charge in [0.15, 0.2) is 0 Å². The smallest absolute Gasteiger partial charge is 0.239 e. The zero-order chi connectivity index (χ0) is 14.3. The Morgan fingerprint density at radius 3 is 2.63 bits per heavy atom. The van der Waals surface area contributed by atoms with Crippen molar-refractivity contribution in [2.75, 3.05) is 26.2 Å². The molecule has 1 atom stereocenters. The summed E-state index contributed by atoms with van der Waals surface area (Å²) in [6, 6.07) is 6.03. The van der Waals surface area contributed by atoms with Crippen molar-refractivity contribution in [2.24, 2.45) is 5.73 Å². The molecule has 106 valence electrons. The lowest BCUT2D eigenvalue weighted by Gasteiger charge is -2.21. The summed E-state index contributed by atoms with van der Waals surface area (Å²) in [6.45, 7) is 7.69. The van der Waals surface area contributed by atoms with Crippen molar-refractivity contribution in [1.29, 1.82) is 0 Å². The maximum atomic E-state index is 11.5. The van der Waals surface area contributed by atoms with Crippen LogP contribution in [0.15, 0.2) is 24.3 Å². The summed E-state index contributed by atoms with van der Waals surface area (Å²) in [4.78, 5) is 13.7. The van der Waals surface area contributed by atoms with Crippen LogP contribution in [0, 0.1) is 0 Å². The molecule has 5 nitrogen and oxygen atoms in total. The zero-order valence-electron chi connectivity index (χ0n) is 11.6. The molecule has 5 heteroatoms. The average molecular weight is 265 g/mol. The second-order valence-corrected chi connectivity index (χ2v) is 4.41. The van der Waals surface area contributed by atoms with Gasteiger partial charge in [0, 0.05) is 13.1 Å². The Balaban J connectivity index is 2.62. The first-order valence-electron chi connectivity index (χ1n) is 6.62. The molecule has 0 aliphatic rings. The molecule has 0 radical (unpaired) electrons. The van der Waals surface area contributed by atoms with Gasteiger partial charge in [-0.3, -0.25) is 4.79 Å². The van der Waals surface area contributed by atoms with Crippen LogP contribution < -0.4 is 11.1 Å². The number of amides is 1. The van der Waals surface area contributed by atoms with Gasteiger partial charge in [-0.1, -0.05) is 26.0 Å². The third kappa shape index (κ3) is 4.89. The molecule has 1 amide bonds. The molecule has 0 aromatic heterocycles. The lowest BCUT2D eigenvalue weighted by Crippen LogP contribution is -2.38. The van der Waals surface area contributed by atoms with Gasteiger partial charge in [-0.25, -0.2) is 0 Å². The summed E-state index contributed by atoms with van der Waals surface area (Å²) in [5, 5.41) is 12.6. The molecule has 1 rings (SSSR count). The van der Waals surface area contributed by atoms with Crippen LogP contribution in [0.3, 0.4) is 0 Å². The molecule has 1 aromatic rings. The SMILES string of the molecule is CCN(CC)CCNC(C(N)=O)c1cccc(O)c1. The molecule has 4 N–H and O–H groups in total. The van der Waals surface area contributed by atoms with Crippen LogP contribution in [-0.4, -0.2) is 42.1 Å². The molecule has 0 bridgehead atoms. The van der Waals surface area contributed by atoms with Crippen LogP contribution in [0.1, 0.15) is 25.5 Å². The number of benzene rings is 1. The molecule has 0 spiro atoms. The van der Waals surface area contributed by atoms with Crippen molar-refractivity contribution in [2.45, 2.75) is 19.9 Å². The zero-order valence-corrected chi connectivity index (χ0v) is 11.6. The number of hydrogen-bond donors (Lipinski definition) is 3. The van der Waals surface area contributed by atoms with Gasteiger partial charge in [0.25, 0.3) is 0 Å². The highest BCUT2D eigenvalue weighted by Gasteiger charge is 2.17. The standard InChI is InChI=1S/C14H23N3O2/c1-3-17(4-2)9-8-16-13(14(15)19)11-6-5-7-12(18)10-11/h5-7,10,13,16,18H,3-4,8-9H2,1-2H3,(H2,15,19). The second kappa shape index (κ2) is 7.76. The number of carbonyl (C=O) groups is 1. The summed E-state index contributed by atoms with van der Waals surface area (Å²) in [5.74, 6) is -0.306. The van der Waals surface area contributed by atoms with E-state index >= 15 is 0 Å². The Morgan fingerprint density at radius 1 is 1.42 bits per heavy atom. The summed E-state index contributed by atoms with van der Waals surface area (Å²) >= 11 is 0. The van der Waals surface area contributed by atoms with Crippen molar-refractivity contribution in [3.8, 4) is 5.75 Å². The third-order valence-electron chi connectivity index (χ3n) is 3.16. The quantitative estimate of drug-likeness (QED) is 0.651. The van der Waals surface area contributed by atoms with E-state index in [1.807, 2.05) is 0 Å². The number of hydrogen-bond acceptors (Lipinski definition) is 4. The molecule has 0 fully saturated rings. The van der Waals surface area contributed by atoms with Crippen molar-refractivity contribution < 1.29 is 9.90 Å². The van der Waals surface area contributed by atoms with Crippen LogP contribution in [0.4, 0.5) is 0 Å². The van der Waals surface area contributed by atoms with E-state index in [2.05, 4.69) is 24.1 Å². The van der Waals surface area contributed by atoms with Gasteiger partial charge >= 0.3 is 0 Å². The predicted molar refractivity (Wildman–Crippen MR) is 75.8 cm³/mol. The van der Waals surface area contributed by atoms with Crippen molar-refractivity contribution in [1.82, 2.24) is 10.2 Å². The molecular weight excluding hydrogens is 242 g/mol. The number of likely N-dealkylation sites (N-methyl/N-ethyl adjacent to an activating group) is 1. The largest absolute Gasteiger partial charge is 0.508 e. The van der Waals surface area contributed by atoms with E-state index in [1.54, 1.807) is 24.3 Å². The number of phenols is 1. The first-order valence-corrected chi connectivity index (χ1v) is 6.62. The number of nitrogens with two attached hydrogens (primary N) is 1. The van der Waals surface area contributed by atoms with E-state index in [-0.39, 0.29) is 5.75 Å². The predicted octanol–water partition coefficient (Wildman–Crippen LogP) is 0.850. The van der Waals surface area contributed by atoms with Gasteiger partial charge < -0.3 is 21.1 Å². The van der Waals surface area contributed by atoms with E-state index < -0.39 is 11.9 Å². The summed E-state index contributed by atoms with van der Waals surface area (Å²) in [5.41, 5.74) is 6.09. The van der Waals surface area contributed by atoms with Crippen molar-refractivity contribution >= 4 is 5.91 Å². The van der Waals surface area contributed by atoms with E-state index in [4.69, 9.17) is 5.73 Å². The van der Waals surface area contributed by atoms with Gasteiger partial charge in [0.05, 0.1) is 0 Å². The monoisotopic (exact) mass is 265 g/mol. The molecule has 0 heterocycles. The molecule has 19 heavy (non-hydrogen) atoms. The van der Waals surface area contributed by atoms with Gasteiger partial charge in [-0.15, -0.1) is 0 Å². The third-order valence-corrected chi connectivity index (χ3v) is 3.16. The first-order chi connectivity index (χ1) is 9.08. The van der Waals surface area contributed by atoms with Crippen LogP contribution in [-0.2, 0) is 4.79 Å². The van der Waals surface area contributed by atoms with Crippen LogP contribution in [0.2, 0.25) is 0 Å². The minimum Gasteiger partial charge on any atom is -0.508 e. The van der Waals surface area contributed by atoms with E-state index in [9.17, 15) is 9.90 Å². The second-order valence-electron chi connectivity index (χ2n) is 4.41. The molecule has 0 saturated carbocycles. The number of aromatic hydroxyl groups is 1. The van der Waals surface area contributed by atoms with Gasteiger partial charge in [0.1, 0.15) is 11.8 Å². The highest BCUT2D eigenvalue weighted by Crippen LogP contribution is 2.17. The number of nitrogens with one attached hydrogen (secondary N) is 1. The fourth-order valence-electron chi connectivity index (χ4n) is 1.99. The van der Waals surface area contributed by atoms with Crippen LogP contribution in [0.5, 0.6) is 5.75 Å². The van der Waals surface area contributed by atoms with Crippen molar-refractivity contribution in [3.63, 3.8) is 0 Å². The Kier molecular flexibility index (Phi) is 6.32. The van der Waals surface area contributed by atoms with Crippen LogP contribution >= 0.6 is 0 Å². The Bertz CT molecular complexity index is 405. The van der Waals surface area contributed by atoms with Crippen LogP contribution in [0.25, 0.3) is 0 Å². The minimum atomic E-state index is -0.567. The summed E-state index contributed by atoms with van der Waals surface area (Å²) < 4.78 is 0. The molecule has 0 saturated heterocycles. The first kappa shape index (κ1) is 15.5. The molecule has 1 unspecified atom stereocenters. The number of primary amides is 1. The highest BCUT2D eigenvalue weighted by molar-refractivity contribution is 5.81. The number of carbonyl (C=O) groups excluding carboxylic acids is 1. The molecule has 0 aliphatic heterocycles. The Morgan fingerprint density at radius 2 is 2.11 bits per heavy atom. The normalized spacial score (nSPS) is 12.6. The van der Waals surface area contributed by atoms with Gasteiger partial charge in [0.2, 0.25) is 5.91 Å². The molecule has 1 aromatic carbocycles. The topological polar surface area (TPSA) is 78.6 Å². The minimum absolute atomic E-state index is 0.134. The van der Waals surface area contributed by atoms with Gasteiger partial charge in [-0.2, -0.15) is 0 Å². The molecular formula is C14H23N3O2. The number of nitrogens with zero attached hydrogens (tertiary/aromatic N) is 1. The average Bonchev–Trinajstić information content (AvgIpc) is 2.38. The maximum absolute atomic E-state index is 11.5. The number of phenolic OH excluding ortho intramolecular Hbond substituents is 1. The Labute approximate surface area is 114 Å². The lowest BCUT2D eigenvalue weighted by molar-refractivity contribution is -0.120. The van der Waals surface area contributed by atoms with E-state index in [1.165, 1.54) is 0 Å². The highest BCUT2D eigenvalue weighted by atomic mass is 16.3. The Hall–Kier alpha value is -1.59. The fourth-order valence-corrected chi connectivity index (χ4v) is 1.99. The van der Waals surface area contributed by atoms with Gasteiger partial charge in [-0.05, 0) is 30.8 Å².